The highest BCUT2D eigenvalue weighted by Crippen LogP contribution is 2.54. The maximum atomic E-state index is 15.1. The first kappa shape index (κ1) is 48.1. The third-order valence-corrected chi connectivity index (χ3v) is 14.4. The summed E-state index contributed by atoms with van der Waals surface area (Å²) in [5, 5.41) is 47.4. The van der Waals surface area contributed by atoms with Crippen LogP contribution in [0.15, 0.2) is 27.3 Å². The van der Waals surface area contributed by atoms with E-state index in [9.17, 15) is 34.5 Å². The Morgan fingerprint density at radius 1 is 0.734 bits per heavy atom. The van der Waals surface area contributed by atoms with E-state index < -0.39 is 30.0 Å². The molecule has 12 nitrogen and oxygen atoms in total. The van der Waals surface area contributed by atoms with Crippen molar-refractivity contribution in [3.63, 3.8) is 0 Å². The van der Waals surface area contributed by atoms with Gasteiger partial charge in [0.15, 0.2) is 11.2 Å². The average Bonchev–Trinajstić information content (AvgIpc) is 3.39. The minimum atomic E-state index is -0.907. The van der Waals surface area contributed by atoms with E-state index in [0.29, 0.717) is 109 Å². The zero-order valence-electron chi connectivity index (χ0n) is 36.5. The molecule has 12 heteroatoms. The van der Waals surface area contributed by atoms with Crippen molar-refractivity contribution in [2.45, 2.75) is 126 Å². The van der Waals surface area contributed by atoms with Crippen molar-refractivity contribution in [1.29, 1.82) is 0 Å². The number of aromatic hydroxyl groups is 1. The Hall–Kier alpha value is -5.33. The molecule has 3 aliphatic rings. The molecule has 0 aromatic heterocycles. The summed E-state index contributed by atoms with van der Waals surface area (Å²) in [6, 6.07) is 3.10. The maximum Gasteiger partial charge on any atom is 0.230 e. The van der Waals surface area contributed by atoms with E-state index >= 15 is 4.79 Å². The molecule has 5 aromatic rings. The van der Waals surface area contributed by atoms with Crippen LogP contribution in [-0.4, -0.2) is 59.7 Å². The zero-order chi connectivity index (χ0) is 44.1. The lowest BCUT2D eigenvalue weighted by molar-refractivity contribution is -0.126. The van der Waals surface area contributed by atoms with Gasteiger partial charge in [0.2, 0.25) is 17.2 Å². The molecule has 2 fully saturated rings. The lowest BCUT2D eigenvalue weighted by Gasteiger charge is -2.29. The van der Waals surface area contributed by atoms with Gasteiger partial charge in [-0.2, -0.15) is 0 Å². The van der Waals surface area contributed by atoms with Crippen molar-refractivity contribution < 1.29 is 34.4 Å². The number of aliphatic hydroxyl groups is 2. The minimum Gasteiger partial charge on any atom is -0.507 e. The van der Waals surface area contributed by atoms with Crippen molar-refractivity contribution >= 4 is 72.5 Å². The predicted octanol–water partition coefficient (Wildman–Crippen LogP) is 8.19. The van der Waals surface area contributed by atoms with Crippen LogP contribution in [-0.2, 0) is 34.0 Å². The molecular weight excluding hydrogens is 811 g/mol. The Morgan fingerprint density at radius 3 is 1.81 bits per heavy atom. The summed E-state index contributed by atoms with van der Waals surface area (Å²) in [6.45, 7) is 7.89. The quantitative estimate of drug-likeness (QED) is 0.0469. The topological polar surface area (TPSA) is 191 Å². The number of phenols is 1. The van der Waals surface area contributed by atoms with Crippen LogP contribution in [0, 0.1) is 23.7 Å². The summed E-state index contributed by atoms with van der Waals surface area (Å²) in [5.41, 5.74) is 2.58. The van der Waals surface area contributed by atoms with Crippen LogP contribution in [0.1, 0.15) is 134 Å². The molecule has 8 rings (SSSR count). The molecule has 0 saturated heterocycles. The number of benzene rings is 5. The van der Waals surface area contributed by atoms with Crippen LogP contribution in [0.3, 0.4) is 0 Å². The second-order valence-corrected chi connectivity index (χ2v) is 18.0. The third kappa shape index (κ3) is 7.95. The van der Waals surface area contributed by atoms with Crippen LogP contribution >= 0.6 is 0 Å². The largest absolute Gasteiger partial charge is 0.507 e. The predicted molar refractivity (Wildman–Crippen MR) is 257 cm³/mol. The number of nitrogens with one attached hydrogen (secondary N) is 3. The van der Waals surface area contributed by atoms with E-state index in [1.54, 1.807) is 6.07 Å². The monoisotopic (exact) mass is 877 g/mol. The number of ether oxygens (including phenoxy) is 1. The number of anilines is 1. The first-order valence-corrected chi connectivity index (χ1v) is 22.5. The maximum absolute atomic E-state index is 15.1. The Balaban J connectivity index is 0.00000340. The summed E-state index contributed by atoms with van der Waals surface area (Å²) in [5.74, 6) is -0.653. The second kappa shape index (κ2) is 19.4. The van der Waals surface area contributed by atoms with E-state index in [0.717, 1.165) is 51.4 Å². The van der Waals surface area contributed by atoms with Crippen LogP contribution in [0.2, 0.25) is 0 Å². The molecule has 2 amide bonds. The van der Waals surface area contributed by atoms with Crippen LogP contribution in [0.5, 0.6) is 11.5 Å². The van der Waals surface area contributed by atoms with E-state index in [-0.39, 0.29) is 73.0 Å². The number of rotatable bonds is 14. The Morgan fingerprint density at radius 2 is 1.28 bits per heavy atom. The molecule has 0 spiro atoms. The number of hydrogen-bond acceptors (Lipinski definition) is 10. The number of aliphatic hydroxyl groups excluding tert-OH is 2. The number of fused-ring (bicyclic) bond motifs is 1. The highest BCUT2D eigenvalue weighted by Gasteiger charge is 2.37. The van der Waals surface area contributed by atoms with Crippen molar-refractivity contribution in [2.24, 2.45) is 23.7 Å². The fourth-order valence-corrected chi connectivity index (χ4v) is 11.5. The third-order valence-electron chi connectivity index (χ3n) is 14.4. The first-order valence-electron chi connectivity index (χ1n) is 22.5. The van der Waals surface area contributed by atoms with Gasteiger partial charge in [-0.15, -0.1) is 0 Å². The summed E-state index contributed by atoms with van der Waals surface area (Å²) in [6.07, 6.45) is 9.44. The van der Waals surface area contributed by atoms with E-state index in [1.807, 2.05) is 26.8 Å². The van der Waals surface area contributed by atoms with Gasteiger partial charge in [-0.05, 0) is 154 Å². The number of hydrogen-bond donors (Lipinski definition) is 6. The number of carbonyl (C=O) groups excluding carboxylic acids is 3. The minimum absolute atomic E-state index is 0. The molecule has 1 atom stereocenters. The van der Waals surface area contributed by atoms with Crippen molar-refractivity contribution in [2.75, 3.05) is 32.1 Å². The molecule has 1 unspecified atom stereocenters. The Bertz CT molecular complexity index is 2750. The lowest BCUT2D eigenvalue weighted by Crippen LogP contribution is -2.34. The zero-order valence-corrected chi connectivity index (χ0v) is 36.5. The smallest absolute Gasteiger partial charge is 0.230 e. The van der Waals surface area contributed by atoms with E-state index in [4.69, 9.17) is 4.74 Å². The molecule has 6 N–H and O–H groups in total. The number of ketones is 1. The highest BCUT2D eigenvalue weighted by molar-refractivity contribution is 6.39. The molecule has 5 aromatic carbocycles. The lowest BCUT2D eigenvalue weighted by atomic mass is 9.77. The Labute approximate surface area is 375 Å². The molecule has 0 heterocycles. The number of phenolic OH excluding ortho intramolecular Hbond substituents is 1. The van der Waals surface area contributed by atoms with Gasteiger partial charge in [0.25, 0.3) is 0 Å². The van der Waals surface area contributed by atoms with Crippen LogP contribution in [0.25, 0.3) is 49.2 Å². The molecule has 2 saturated carbocycles. The second-order valence-electron chi connectivity index (χ2n) is 18.0. The average molecular weight is 878 g/mol. The number of methoxy groups -OCH3 is 1. The normalized spacial score (nSPS) is 20.7. The van der Waals surface area contributed by atoms with Gasteiger partial charge >= 0.3 is 0 Å². The number of carbonyl (C=O) groups is 3. The Kier molecular flexibility index (Phi) is 14.6. The number of amides is 2. The summed E-state index contributed by atoms with van der Waals surface area (Å²) >= 11 is 0. The summed E-state index contributed by atoms with van der Waals surface area (Å²) < 4.78 is 6.04. The first-order chi connectivity index (χ1) is 29.9. The van der Waals surface area contributed by atoms with Crippen molar-refractivity contribution in [3.05, 3.63) is 66.0 Å². The van der Waals surface area contributed by atoms with E-state index in [1.165, 1.54) is 20.1 Å². The molecular formula is C52H67N3O9. The van der Waals surface area contributed by atoms with Gasteiger partial charge < -0.3 is 36.0 Å². The van der Waals surface area contributed by atoms with Gasteiger partial charge in [0.1, 0.15) is 11.5 Å². The van der Waals surface area contributed by atoms with Crippen LogP contribution < -0.4 is 31.5 Å². The molecule has 64 heavy (non-hydrogen) atoms. The molecule has 0 radical (unpaired) electrons. The van der Waals surface area contributed by atoms with Gasteiger partial charge in [0.05, 0.1) is 37.0 Å². The van der Waals surface area contributed by atoms with Gasteiger partial charge in [-0.1, -0.05) is 26.5 Å². The SMILES string of the molecule is C.C.CCNC(=O)C1CCC(CCc2c(O)c3c(=O)cc(CO)c4c5c(CO)cc(NCC6CCC(C(=O)NCC)CC6)c6c(=O)c(OC)c7c(c(c2C=C(C)C7C(C)=O)c34)c65)CC1. The van der Waals surface area contributed by atoms with Gasteiger partial charge in [-0.3, -0.25) is 24.0 Å². The highest BCUT2D eigenvalue weighted by atomic mass is 16.5. The standard InChI is InChI=1S/C50H59N3O9.2CH4/c1-6-51-49(60)28-13-8-26(9-14-28)12-17-32-33-18-24(3)36(25(4)56)45-44-39(33)42-38(31(23-55)20-35(57)41(42)46(32)58)37-30(22-54)19-34(40(43(37)44)47(59)48(45)62-5)53-21-27-10-15-29(16-11-27)50(61)52-7-2;;/h18-20,26-29,36,53-55,58H,6-17,21-23H2,1-5H3,(H,51,60)(H,52,61);2*1H4. The van der Waals surface area contributed by atoms with Gasteiger partial charge in [-0.25, -0.2) is 0 Å². The fourth-order valence-electron chi connectivity index (χ4n) is 11.5. The molecule has 3 aliphatic carbocycles. The molecule has 0 bridgehead atoms. The van der Waals surface area contributed by atoms with Crippen LogP contribution in [0.4, 0.5) is 5.69 Å². The molecule has 344 valence electrons. The molecule has 0 aliphatic heterocycles. The van der Waals surface area contributed by atoms with Crippen molar-refractivity contribution in [3.8, 4) is 11.5 Å². The van der Waals surface area contributed by atoms with Gasteiger partial charge in [0, 0.05) is 59.1 Å². The number of allylic oxidation sites excluding steroid dienone is 1. The summed E-state index contributed by atoms with van der Waals surface area (Å²) in [7, 11) is 1.42. The van der Waals surface area contributed by atoms with Crippen molar-refractivity contribution in [1.82, 2.24) is 10.6 Å². The summed E-state index contributed by atoms with van der Waals surface area (Å²) in [4.78, 5) is 68.6. The number of Topliss-reactive ketones (excluding diaryl/α,β-unsaturated/α-hetero) is 1. The van der Waals surface area contributed by atoms with E-state index in [2.05, 4.69) is 16.0 Å². The fraction of sp³-hybridized carbons (Fsp3) is 0.519.